The zero-order valence-corrected chi connectivity index (χ0v) is 15.5. The smallest absolute Gasteiger partial charge is 0.133 e. The molecule has 6 nitrogen and oxygen atoms in total. The number of likely N-dealkylation sites (tertiary alicyclic amines) is 1. The predicted octanol–water partition coefficient (Wildman–Crippen LogP) is 2.62. The maximum absolute atomic E-state index is 10.4. The fraction of sp³-hybridized carbons (Fsp3) is 0.476. The third kappa shape index (κ3) is 4.17. The van der Waals surface area contributed by atoms with Gasteiger partial charge in [0.1, 0.15) is 23.4 Å². The van der Waals surface area contributed by atoms with E-state index in [-0.39, 0.29) is 11.9 Å². The van der Waals surface area contributed by atoms with Crippen molar-refractivity contribution in [3.8, 4) is 17.2 Å². The molecule has 27 heavy (non-hydrogen) atoms. The number of aromatic nitrogens is 1. The standard InChI is InChI=1S/C21H26N2O4/c1-26-17-3-5-18(6-4-17)27-19-8-14-11-23(12-15(14)9-19)13-21(25)20-7-2-16(24)10-22-20/h2-7,10,14-15,19,21,24-25H,8-9,11-13H2,1H3/t14-,15+,19-,21?. The van der Waals surface area contributed by atoms with Gasteiger partial charge in [-0.25, -0.2) is 0 Å². The van der Waals surface area contributed by atoms with E-state index in [9.17, 15) is 10.2 Å². The van der Waals surface area contributed by atoms with Crippen LogP contribution in [0.2, 0.25) is 0 Å². The number of hydrogen-bond donors (Lipinski definition) is 2. The van der Waals surface area contributed by atoms with Gasteiger partial charge in [0.25, 0.3) is 0 Å². The van der Waals surface area contributed by atoms with Gasteiger partial charge in [0.05, 0.1) is 25.1 Å². The third-order valence-corrected chi connectivity index (χ3v) is 5.69. The maximum atomic E-state index is 10.4. The number of nitrogens with zero attached hydrogens (tertiary/aromatic N) is 2. The Morgan fingerprint density at radius 3 is 2.33 bits per heavy atom. The number of aromatic hydroxyl groups is 1. The van der Waals surface area contributed by atoms with Crippen LogP contribution in [0.1, 0.15) is 24.6 Å². The Bertz CT molecular complexity index is 736. The highest BCUT2D eigenvalue weighted by molar-refractivity contribution is 5.31. The van der Waals surface area contributed by atoms with E-state index in [0.717, 1.165) is 37.4 Å². The third-order valence-electron chi connectivity index (χ3n) is 5.69. The van der Waals surface area contributed by atoms with E-state index in [1.165, 1.54) is 6.20 Å². The van der Waals surface area contributed by atoms with Crippen molar-refractivity contribution in [1.82, 2.24) is 9.88 Å². The van der Waals surface area contributed by atoms with Crippen LogP contribution in [-0.4, -0.2) is 52.9 Å². The Balaban J connectivity index is 1.27. The molecule has 2 fully saturated rings. The van der Waals surface area contributed by atoms with Crippen LogP contribution in [-0.2, 0) is 0 Å². The predicted molar refractivity (Wildman–Crippen MR) is 101 cm³/mol. The van der Waals surface area contributed by atoms with E-state index >= 15 is 0 Å². The highest BCUT2D eigenvalue weighted by Crippen LogP contribution is 2.40. The molecule has 0 bridgehead atoms. The van der Waals surface area contributed by atoms with Gasteiger partial charge in [-0.2, -0.15) is 0 Å². The number of aliphatic hydroxyl groups excluding tert-OH is 1. The lowest BCUT2D eigenvalue weighted by atomic mass is 10.0. The summed E-state index contributed by atoms with van der Waals surface area (Å²) in [4.78, 5) is 6.43. The molecule has 1 aliphatic heterocycles. The fourth-order valence-corrected chi connectivity index (χ4v) is 4.37. The van der Waals surface area contributed by atoms with Crippen LogP contribution >= 0.6 is 0 Å². The summed E-state index contributed by atoms with van der Waals surface area (Å²) in [6.07, 6.45) is 3.12. The number of methoxy groups -OCH3 is 1. The number of pyridine rings is 1. The molecule has 1 unspecified atom stereocenters. The summed E-state index contributed by atoms with van der Waals surface area (Å²) >= 11 is 0. The van der Waals surface area contributed by atoms with Crippen molar-refractivity contribution in [3.05, 3.63) is 48.3 Å². The molecule has 1 aliphatic carbocycles. The van der Waals surface area contributed by atoms with Crippen LogP contribution in [0.15, 0.2) is 42.6 Å². The van der Waals surface area contributed by atoms with Crippen LogP contribution in [0.3, 0.4) is 0 Å². The van der Waals surface area contributed by atoms with Crippen molar-refractivity contribution in [2.24, 2.45) is 11.8 Å². The summed E-state index contributed by atoms with van der Waals surface area (Å²) in [5.74, 6) is 3.08. The molecule has 0 amide bonds. The molecular formula is C21H26N2O4. The van der Waals surface area contributed by atoms with Crippen LogP contribution in [0.5, 0.6) is 17.2 Å². The lowest BCUT2D eigenvalue weighted by Crippen LogP contribution is -2.29. The summed E-state index contributed by atoms with van der Waals surface area (Å²) in [7, 11) is 1.66. The second-order valence-electron chi connectivity index (χ2n) is 7.58. The van der Waals surface area contributed by atoms with Gasteiger partial charge >= 0.3 is 0 Å². The molecular weight excluding hydrogens is 344 g/mol. The van der Waals surface area contributed by atoms with Crippen molar-refractivity contribution in [2.75, 3.05) is 26.7 Å². The Morgan fingerprint density at radius 2 is 1.74 bits per heavy atom. The highest BCUT2D eigenvalue weighted by atomic mass is 16.5. The van der Waals surface area contributed by atoms with Gasteiger partial charge < -0.3 is 19.7 Å². The van der Waals surface area contributed by atoms with Gasteiger partial charge in [0.15, 0.2) is 0 Å². The minimum atomic E-state index is -0.629. The number of aliphatic hydroxyl groups is 1. The summed E-state index contributed by atoms with van der Waals surface area (Å²) in [5.41, 5.74) is 0.602. The SMILES string of the molecule is COc1ccc(O[C@@H]2C[C@@H]3CN(CC(O)c4ccc(O)cn4)C[C@@H]3C2)cc1. The Morgan fingerprint density at radius 1 is 1.07 bits per heavy atom. The molecule has 1 aromatic carbocycles. The Kier molecular flexibility index (Phi) is 5.18. The lowest BCUT2D eigenvalue weighted by molar-refractivity contribution is 0.113. The summed E-state index contributed by atoms with van der Waals surface area (Å²) < 4.78 is 11.3. The molecule has 0 spiro atoms. The average molecular weight is 370 g/mol. The molecule has 2 aliphatic rings. The number of hydrogen-bond acceptors (Lipinski definition) is 6. The fourth-order valence-electron chi connectivity index (χ4n) is 4.37. The molecule has 6 heteroatoms. The molecule has 2 N–H and O–H groups in total. The number of rotatable bonds is 6. The molecule has 2 aromatic rings. The minimum absolute atomic E-state index is 0.115. The van der Waals surface area contributed by atoms with Gasteiger partial charge in [-0.3, -0.25) is 9.88 Å². The van der Waals surface area contributed by atoms with E-state index in [1.54, 1.807) is 19.2 Å². The average Bonchev–Trinajstić information content (AvgIpc) is 3.20. The van der Waals surface area contributed by atoms with Gasteiger partial charge in [-0.1, -0.05) is 0 Å². The lowest BCUT2D eigenvalue weighted by Gasteiger charge is -2.22. The Labute approximate surface area is 159 Å². The number of ether oxygens (including phenoxy) is 2. The van der Waals surface area contributed by atoms with Crippen molar-refractivity contribution >= 4 is 0 Å². The second kappa shape index (κ2) is 7.74. The van der Waals surface area contributed by atoms with Crippen molar-refractivity contribution in [1.29, 1.82) is 0 Å². The molecule has 4 rings (SSSR count). The highest BCUT2D eigenvalue weighted by Gasteiger charge is 2.42. The van der Waals surface area contributed by atoms with Crippen LogP contribution in [0, 0.1) is 11.8 Å². The molecule has 1 aromatic heterocycles. The van der Waals surface area contributed by atoms with E-state index in [0.29, 0.717) is 24.1 Å². The van der Waals surface area contributed by atoms with E-state index < -0.39 is 6.10 Å². The first-order chi connectivity index (χ1) is 13.1. The molecule has 144 valence electrons. The molecule has 1 saturated heterocycles. The first-order valence-corrected chi connectivity index (χ1v) is 9.46. The number of fused-ring (bicyclic) bond motifs is 1. The van der Waals surface area contributed by atoms with Gasteiger partial charge in [0.2, 0.25) is 0 Å². The van der Waals surface area contributed by atoms with Crippen LogP contribution in [0.4, 0.5) is 0 Å². The summed E-state index contributed by atoms with van der Waals surface area (Å²) in [5, 5.41) is 19.7. The molecule has 1 saturated carbocycles. The normalized spacial score (nSPS) is 25.9. The van der Waals surface area contributed by atoms with E-state index in [2.05, 4.69) is 9.88 Å². The zero-order valence-electron chi connectivity index (χ0n) is 15.5. The van der Waals surface area contributed by atoms with Crippen molar-refractivity contribution in [3.63, 3.8) is 0 Å². The van der Waals surface area contributed by atoms with Crippen LogP contribution < -0.4 is 9.47 Å². The van der Waals surface area contributed by atoms with Crippen molar-refractivity contribution in [2.45, 2.75) is 25.0 Å². The Hall–Kier alpha value is -2.31. The quantitative estimate of drug-likeness (QED) is 0.814. The largest absolute Gasteiger partial charge is 0.506 e. The second-order valence-corrected chi connectivity index (χ2v) is 7.58. The molecule has 0 radical (unpaired) electrons. The summed E-state index contributed by atoms with van der Waals surface area (Å²) in [6.45, 7) is 2.55. The number of β-amino-alcohol motifs (C(OH)–C–C–N with tert-alkyl or cyclic N) is 1. The van der Waals surface area contributed by atoms with Crippen molar-refractivity contribution < 1.29 is 19.7 Å². The van der Waals surface area contributed by atoms with Gasteiger partial charge in [0, 0.05) is 19.6 Å². The first kappa shape index (κ1) is 18.1. The minimum Gasteiger partial charge on any atom is -0.506 e. The monoisotopic (exact) mass is 370 g/mol. The zero-order chi connectivity index (χ0) is 18.8. The van der Waals surface area contributed by atoms with E-state index in [4.69, 9.17) is 9.47 Å². The maximum Gasteiger partial charge on any atom is 0.133 e. The summed E-state index contributed by atoms with van der Waals surface area (Å²) in [6, 6.07) is 11.0. The van der Waals surface area contributed by atoms with Gasteiger partial charge in [-0.15, -0.1) is 0 Å². The number of benzene rings is 1. The van der Waals surface area contributed by atoms with E-state index in [1.807, 2.05) is 24.3 Å². The first-order valence-electron chi connectivity index (χ1n) is 9.46. The van der Waals surface area contributed by atoms with Crippen LogP contribution in [0.25, 0.3) is 0 Å². The molecule has 2 heterocycles. The van der Waals surface area contributed by atoms with Gasteiger partial charge in [-0.05, 0) is 61.1 Å². The molecule has 4 atom stereocenters. The topological polar surface area (TPSA) is 75.1 Å².